The molecule has 1 atom stereocenters. The van der Waals surface area contributed by atoms with Crippen molar-refractivity contribution in [2.75, 3.05) is 18.8 Å². The van der Waals surface area contributed by atoms with E-state index in [9.17, 15) is 4.79 Å². The third-order valence-corrected chi connectivity index (χ3v) is 3.30. The third kappa shape index (κ3) is 2.73. The molecule has 19 heavy (non-hydrogen) atoms. The second-order valence-electron chi connectivity index (χ2n) is 5.69. The van der Waals surface area contributed by atoms with E-state index in [0.717, 1.165) is 12.1 Å². The maximum atomic E-state index is 12.5. The standard InChI is InChI=1S/C13H22N4O2/c1-5-9-10(14)11(16-15-9)12(18)17-6-8(2)19-13(3,4)7-17/h8H,5-7,14H2,1-4H3,(H,15,16). The number of anilines is 1. The van der Waals surface area contributed by atoms with Crippen LogP contribution in [0.3, 0.4) is 0 Å². The van der Waals surface area contributed by atoms with Gasteiger partial charge in [-0.3, -0.25) is 9.89 Å². The Morgan fingerprint density at radius 1 is 1.63 bits per heavy atom. The fourth-order valence-corrected chi connectivity index (χ4v) is 2.58. The number of hydrogen-bond acceptors (Lipinski definition) is 4. The highest BCUT2D eigenvalue weighted by atomic mass is 16.5. The van der Waals surface area contributed by atoms with Gasteiger partial charge in [0.15, 0.2) is 5.69 Å². The van der Waals surface area contributed by atoms with Crippen LogP contribution in [0.4, 0.5) is 5.69 Å². The summed E-state index contributed by atoms with van der Waals surface area (Å²) in [6.07, 6.45) is 0.746. The SMILES string of the molecule is CCc1[nH]nc(C(=O)N2CC(C)OC(C)(C)C2)c1N. The number of nitrogens with zero attached hydrogens (tertiary/aromatic N) is 2. The number of aromatic nitrogens is 2. The van der Waals surface area contributed by atoms with Crippen LogP contribution >= 0.6 is 0 Å². The molecule has 0 saturated carbocycles. The second-order valence-corrected chi connectivity index (χ2v) is 5.69. The largest absolute Gasteiger partial charge is 0.395 e. The molecule has 1 aliphatic heterocycles. The highest BCUT2D eigenvalue weighted by molar-refractivity contribution is 5.97. The van der Waals surface area contributed by atoms with E-state index in [0.29, 0.717) is 24.5 Å². The van der Waals surface area contributed by atoms with Crippen molar-refractivity contribution in [2.45, 2.75) is 45.8 Å². The molecule has 0 radical (unpaired) electrons. The summed E-state index contributed by atoms with van der Waals surface area (Å²) in [5.41, 5.74) is 7.20. The van der Waals surface area contributed by atoms with Crippen LogP contribution in [0.1, 0.15) is 43.9 Å². The summed E-state index contributed by atoms with van der Waals surface area (Å²) in [5.74, 6) is -0.128. The Kier molecular flexibility index (Phi) is 3.54. The van der Waals surface area contributed by atoms with E-state index in [1.54, 1.807) is 4.90 Å². The minimum absolute atomic E-state index is 0.0125. The Balaban J connectivity index is 2.21. The predicted octanol–water partition coefficient (Wildman–Crippen LogP) is 1.19. The van der Waals surface area contributed by atoms with Gasteiger partial charge in [-0.2, -0.15) is 5.10 Å². The lowest BCUT2D eigenvalue weighted by Crippen LogP contribution is -2.53. The summed E-state index contributed by atoms with van der Waals surface area (Å²) in [6.45, 7) is 9.01. The fraction of sp³-hybridized carbons (Fsp3) is 0.692. The van der Waals surface area contributed by atoms with E-state index in [4.69, 9.17) is 10.5 Å². The number of carbonyl (C=O) groups is 1. The van der Waals surface area contributed by atoms with Crippen LogP contribution in [0, 0.1) is 0 Å². The molecule has 1 fully saturated rings. The smallest absolute Gasteiger partial charge is 0.276 e. The summed E-state index contributed by atoms with van der Waals surface area (Å²) >= 11 is 0. The zero-order chi connectivity index (χ0) is 14.2. The van der Waals surface area contributed by atoms with Gasteiger partial charge in [-0.1, -0.05) is 6.92 Å². The topological polar surface area (TPSA) is 84.2 Å². The lowest BCUT2D eigenvalue weighted by Gasteiger charge is -2.41. The van der Waals surface area contributed by atoms with Crippen molar-refractivity contribution in [1.82, 2.24) is 15.1 Å². The second kappa shape index (κ2) is 4.85. The van der Waals surface area contributed by atoms with Crippen molar-refractivity contribution in [3.05, 3.63) is 11.4 Å². The van der Waals surface area contributed by atoms with Crippen molar-refractivity contribution < 1.29 is 9.53 Å². The summed E-state index contributed by atoms with van der Waals surface area (Å²) in [7, 11) is 0. The van der Waals surface area contributed by atoms with Gasteiger partial charge < -0.3 is 15.4 Å². The number of carbonyl (C=O) groups excluding carboxylic acids is 1. The minimum Gasteiger partial charge on any atom is -0.395 e. The number of amides is 1. The van der Waals surface area contributed by atoms with Gasteiger partial charge in [0, 0.05) is 13.1 Å². The van der Waals surface area contributed by atoms with E-state index in [-0.39, 0.29) is 17.6 Å². The molecule has 1 saturated heterocycles. The highest BCUT2D eigenvalue weighted by Crippen LogP contribution is 2.24. The van der Waals surface area contributed by atoms with Crippen molar-refractivity contribution in [3.8, 4) is 0 Å². The minimum atomic E-state index is -0.341. The molecular formula is C13H22N4O2. The Hall–Kier alpha value is -1.56. The number of aromatic amines is 1. The van der Waals surface area contributed by atoms with Gasteiger partial charge in [0.2, 0.25) is 0 Å². The van der Waals surface area contributed by atoms with Crippen LogP contribution in [0.25, 0.3) is 0 Å². The average Bonchev–Trinajstić information content (AvgIpc) is 2.66. The first kappa shape index (κ1) is 13.9. The van der Waals surface area contributed by atoms with Crippen LogP contribution < -0.4 is 5.73 Å². The fourth-order valence-electron chi connectivity index (χ4n) is 2.58. The summed E-state index contributed by atoms with van der Waals surface area (Å²) in [6, 6.07) is 0. The van der Waals surface area contributed by atoms with Crippen LogP contribution in [0.5, 0.6) is 0 Å². The lowest BCUT2D eigenvalue weighted by atomic mass is 10.0. The molecule has 0 aliphatic carbocycles. The first-order chi connectivity index (χ1) is 8.84. The van der Waals surface area contributed by atoms with Gasteiger partial charge in [-0.05, 0) is 27.2 Å². The van der Waals surface area contributed by atoms with Crippen molar-refractivity contribution in [3.63, 3.8) is 0 Å². The zero-order valence-electron chi connectivity index (χ0n) is 12.0. The molecule has 2 heterocycles. The van der Waals surface area contributed by atoms with Gasteiger partial charge in [-0.15, -0.1) is 0 Å². The van der Waals surface area contributed by atoms with Gasteiger partial charge in [0.25, 0.3) is 5.91 Å². The Morgan fingerprint density at radius 3 is 2.84 bits per heavy atom. The summed E-state index contributed by atoms with van der Waals surface area (Å²) < 4.78 is 5.79. The molecule has 106 valence electrons. The number of rotatable bonds is 2. The molecular weight excluding hydrogens is 244 g/mol. The molecule has 6 heteroatoms. The van der Waals surface area contributed by atoms with Crippen LogP contribution in [-0.4, -0.2) is 45.8 Å². The first-order valence-electron chi connectivity index (χ1n) is 6.64. The van der Waals surface area contributed by atoms with E-state index < -0.39 is 0 Å². The molecule has 1 unspecified atom stereocenters. The van der Waals surface area contributed by atoms with Crippen LogP contribution in [-0.2, 0) is 11.2 Å². The zero-order valence-corrected chi connectivity index (χ0v) is 12.0. The molecule has 0 bridgehead atoms. The molecule has 6 nitrogen and oxygen atoms in total. The normalized spacial score (nSPS) is 22.5. The average molecular weight is 266 g/mol. The Bertz CT molecular complexity index is 481. The monoisotopic (exact) mass is 266 g/mol. The van der Waals surface area contributed by atoms with Crippen LogP contribution in [0.15, 0.2) is 0 Å². The number of H-pyrrole nitrogens is 1. The molecule has 1 aromatic heterocycles. The first-order valence-corrected chi connectivity index (χ1v) is 6.64. The van der Waals surface area contributed by atoms with E-state index in [2.05, 4.69) is 10.2 Å². The quantitative estimate of drug-likeness (QED) is 0.842. The summed E-state index contributed by atoms with van der Waals surface area (Å²) in [5, 5.41) is 6.87. The van der Waals surface area contributed by atoms with E-state index in [1.807, 2.05) is 27.7 Å². The van der Waals surface area contributed by atoms with Gasteiger partial charge >= 0.3 is 0 Å². The Labute approximate surface area is 113 Å². The maximum absolute atomic E-state index is 12.5. The predicted molar refractivity (Wildman–Crippen MR) is 72.9 cm³/mol. The number of morpholine rings is 1. The van der Waals surface area contributed by atoms with Gasteiger partial charge in [0.05, 0.1) is 23.1 Å². The molecule has 0 spiro atoms. The number of nitrogens with one attached hydrogen (secondary N) is 1. The number of hydrogen-bond donors (Lipinski definition) is 2. The maximum Gasteiger partial charge on any atom is 0.276 e. The van der Waals surface area contributed by atoms with Crippen LogP contribution in [0.2, 0.25) is 0 Å². The highest BCUT2D eigenvalue weighted by Gasteiger charge is 2.35. The number of aryl methyl sites for hydroxylation is 1. The van der Waals surface area contributed by atoms with Gasteiger partial charge in [-0.25, -0.2) is 0 Å². The van der Waals surface area contributed by atoms with E-state index >= 15 is 0 Å². The van der Waals surface area contributed by atoms with E-state index in [1.165, 1.54) is 0 Å². The number of nitrogen functional groups attached to an aromatic ring is 1. The Morgan fingerprint density at radius 2 is 2.32 bits per heavy atom. The lowest BCUT2D eigenvalue weighted by molar-refractivity contribution is -0.118. The van der Waals surface area contributed by atoms with Gasteiger partial charge in [0.1, 0.15) is 0 Å². The third-order valence-electron chi connectivity index (χ3n) is 3.30. The number of nitrogens with two attached hydrogens (primary N) is 1. The molecule has 1 aliphatic rings. The molecule has 1 amide bonds. The van der Waals surface area contributed by atoms with Crippen molar-refractivity contribution in [1.29, 1.82) is 0 Å². The number of ether oxygens (including phenoxy) is 1. The van der Waals surface area contributed by atoms with Crippen molar-refractivity contribution >= 4 is 11.6 Å². The molecule has 3 N–H and O–H groups in total. The summed E-state index contributed by atoms with van der Waals surface area (Å²) in [4.78, 5) is 14.3. The van der Waals surface area contributed by atoms with Crippen molar-refractivity contribution in [2.24, 2.45) is 0 Å². The molecule has 0 aromatic carbocycles. The molecule has 1 aromatic rings. The molecule has 2 rings (SSSR count).